The van der Waals surface area contributed by atoms with Crippen LogP contribution in [0.5, 0.6) is 0 Å². The maximum atomic E-state index is 13.5. The van der Waals surface area contributed by atoms with Gasteiger partial charge in [-0.25, -0.2) is 0 Å². The summed E-state index contributed by atoms with van der Waals surface area (Å²) in [6.45, 7) is 8.67. The summed E-state index contributed by atoms with van der Waals surface area (Å²) < 4.78 is 38.9. The molecule has 4 fully saturated rings. The molecule has 2 saturated heterocycles. The second-order valence-corrected chi connectivity index (χ2v) is 12.2. The van der Waals surface area contributed by atoms with Crippen LogP contribution < -0.4 is 16.0 Å². The maximum absolute atomic E-state index is 13.5. The van der Waals surface area contributed by atoms with Crippen molar-refractivity contribution in [3.05, 3.63) is 0 Å². The minimum absolute atomic E-state index is 0.0375. The number of nitrogens with one attached hydrogen (secondary N) is 3. The van der Waals surface area contributed by atoms with Gasteiger partial charge in [0, 0.05) is 18.5 Å². The summed E-state index contributed by atoms with van der Waals surface area (Å²) in [5.41, 5.74) is -1.33. The van der Waals surface area contributed by atoms with Crippen LogP contribution in [0, 0.1) is 45.8 Å². The van der Waals surface area contributed by atoms with Crippen LogP contribution in [-0.2, 0) is 19.2 Å². The molecular weight excluding hydrogens is 479 g/mol. The molecule has 36 heavy (non-hydrogen) atoms. The van der Waals surface area contributed by atoms with E-state index < -0.39 is 47.4 Å². The Hall–Kier alpha value is -2.84. The van der Waals surface area contributed by atoms with Gasteiger partial charge >= 0.3 is 12.1 Å². The number of nitriles is 1. The molecule has 0 aromatic rings. The fourth-order valence-electron chi connectivity index (χ4n) is 6.09. The van der Waals surface area contributed by atoms with Crippen LogP contribution in [0.4, 0.5) is 13.2 Å². The van der Waals surface area contributed by atoms with Crippen molar-refractivity contribution in [2.45, 2.75) is 77.8 Å². The Balaban J connectivity index is 1.52. The summed E-state index contributed by atoms with van der Waals surface area (Å²) in [7, 11) is 0. The number of amides is 4. The van der Waals surface area contributed by atoms with Gasteiger partial charge in [-0.05, 0) is 41.4 Å². The van der Waals surface area contributed by atoms with Crippen molar-refractivity contribution in [2.75, 3.05) is 6.54 Å². The first-order chi connectivity index (χ1) is 16.5. The summed E-state index contributed by atoms with van der Waals surface area (Å²) in [6.07, 6.45) is -4.16. The van der Waals surface area contributed by atoms with Crippen LogP contribution in [0.1, 0.15) is 47.5 Å². The number of hydrogen-bond donors (Lipinski definition) is 3. The van der Waals surface area contributed by atoms with Crippen molar-refractivity contribution >= 4 is 23.6 Å². The van der Waals surface area contributed by atoms with E-state index in [1.165, 1.54) is 25.7 Å². The predicted octanol–water partition coefficient (Wildman–Crippen LogP) is 1.10. The molecule has 0 spiro atoms. The molecule has 2 aliphatic heterocycles. The first kappa shape index (κ1) is 26.2. The quantitative estimate of drug-likeness (QED) is 0.492. The van der Waals surface area contributed by atoms with Crippen molar-refractivity contribution in [1.82, 2.24) is 20.9 Å². The highest BCUT2D eigenvalue weighted by Gasteiger charge is 2.70. The van der Waals surface area contributed by atoms with Crippen molar-refractivity contribution < 1.29 is 32.3 Å². The van der Waals surface area contributed by atoms with E-state index >= 15 is 0 Å². The van der Waals surface area contributed by atoms with E-state index in [0.717, 1.165) is 6.42 Å². The van der Waals surface area contributed by atoms with E-state index in [2.05, 4.69) is 10.6 Å². The lowest BCUT2D eigenvalue weighted by atomic mass is 9.85. The van der Waals surface area contributed by atoms with Gasteiger partial charge in [0.2, 0.25) is 17.7 Å². The third-order valence-corrected chi connectivity index (χ3v) is 8.39. The van der Waals surface area contributed by atoms with Gasteiger partial charge in [0.1, 0.15) is 18.1 Å². The molecular formula is C24H32F3N5O4. The van der Waals surface area contributed by atoms with E-state index in [9.17, 15) is 37.6 Å². The Morgan fingerprint density at radius 3 is 2.36 bits per heavy atom. The molecule has 8 atom stereocenters. The topological polar surface area (TPSA) is 131 Å². The van der Waals surface area contributed by atoms with Crippen molar-refractivity contribution in [3.63, 3.8) is 0 Å². The normalized spacial score (nSPS) is 33.4. The first-order valence-corrected chi connectivity index (χ1v) is 12.2. The molecule has 3 N–H and O–H groups in total. The van der Waals surface area contributed by atoms with Crippen molar-refractivity contribution in [1.29, 1.82) is 5.26 Å². The average molecular weight is 512 g/mol. The standard InChI is InChI=1S/C24H32F3N5O4/c1-22(2,3)17(31-21(36)24(25,26)27)20(35)32-9-13-15(23(13,4)5)16(32)19(34)29-10(8-28)6-12-11-7-14(11)30-18(12)33/h10-17H,6-7,9H2,1-5H3,(H,29,34)(H,30,33)(H,31,36). The minimum Gasteiger partial charge on any atom is -0.353 e. The predicted molar refractivity (Wildman–Crippen MR) is 119 cm³/mol. The van der Waals surface area contributed by atoms with Gasteiger partial charge in [0.25, 0.3) is 0 Å². The number of nitrogens with zero attached hydrogens (tertiary/aromatic N) is 2. The Bertz CT molecular complexity index is 1030. The van der Waals surface area contributed by atoms with Gasteiger partial charge < -0.3 is 20.9 Å². The van der Waals surface area contributed by atoms with Crippen LogP contribution in [0.15, 0.2) is 0 Å². The van der Waals surface area contributed by atoms with Gasteiger partial charge in [-0.15, -0.1) is 0 Å². The maximum Gasteiger partial charge on any atom is 0.471 e. The molecule has 4 rings (SSSR count). The molecule has 2 aliphatic carbocycles. The smallest absolute Gasteiger partial charge is 0.353 e. The number of alkyl halides is 3. The number of fused-ring (bicyclic) bond motifs is 2. The van der Waals surface area contributed by atoms with Crippen LogP contribution in [-0.4, -0.2) is 65.4 Å². The average Bonchev–Trinajstić information content (AvgIpc) is 3.47. The summed E-state index contributed by atoms with van der Waals surface area (Å²) in [5.74, 6) is -4.19. The lowest BCUT2D eigenvalue weighted by Crippen LogP contribution is -2.61. The Labute approximate surface area is 207 Å². The Morgan fingerprint density at radius 2 is 1.86 bits per heavy atom. The molecule has 0 aromatic carbocycles. The van der Waals surface area contributed by atoms with E-state index in [1.807, 2.05) is 25.2 Å². The Morgan fingerprint density at radius 1 is 1.22 bits per heavy atom. The lowest BCUT2D eigenvalue weighted by Gasteiger charge is -2.37. The first-order valence-electron chi connectivity index (χ1n) is 12.2. The number of rotatable bonds is 6. The number of likely N-dealkylation sites (tertiary alicyclic amines) is 1. The highest BCUT2D eigenvalue weighted by molar-refractivity contribution is 5.95. The molecule has 0 aromatic heterocycles. The summed E-state index contributed by atoms with van der Waals surface area (Å²) in [6, 6.07) is -1.29. The highest BCUT2D eigenvalue weighted by atomic mass is 19.4. The number of carbonyl (C=O) groups is 4. The SMILES string of the molecule is CC(C)(C)C(NC(=O)C(F)(F)F)C(=O)N1CC2C(C1C(=O)NC(C#N)CC1C(=O)NC3CC31)C2(C)C. The molecule has 198 valence electrons. The van der Waals surface area contributed by atoms with E-state index in [1.54, 1.807) is 0 Å². The molecule has 4 aliphatic rings. The number of piperidine rings is 2. The zero-order valence-electron chi connectivity index (χ0n) is 20.9. The lowest BCUT2D eigenvalue weighted by molar-refractivity contribution is -0.176. The van der Waals surface area contributed by atoms with Crippen LogP contribution >= 0.6 is 0 Å². The van der Waals surface area contributed by atoms with Crippen molar-refractivity contribution in [2.24, 2.45) is 34.5 Å². The largest absolute Gasteiger partial charge is 0.471 e. The molecule has 4 amide bonds. The molecule has 0 radical (unpaired) electrons. The molecule has 2 heterocycles. The summed E-state index contributed by atoms with van der Waals surface area (Å²) in [5, 5.41) is 17.0. The third kappa shape index (κ3) is 4.52. The third-order valence-electron chi connectivity index (χ3n) is 8.39. The zero-order valence-corrected chi connectivity index (χ0v) is 20.9. The van der Waals surface area contributed by atoms with Gasteiger partial charge in [-0.1, -0.05) is 34.6 Å². The van der Waals surface area contributed by atoms with Crippen LogP contribution in [0.3, 0.4) is 0 Å². The monoisotopic (exact) mass is 511 g/mol. The van der Waals surface area contributed by atoms with E-state index in [4.69, 9.17) is 0 Å². The molecule has 9 nitrogen and oxygen atoms in total. The summed E-state index contributed by atoms with van der Waals surface area (Å²) >= 11 is 0. The zero-order chi connectivity index (χ0) is 27.0. The number of hydrogen-bond acceptors (Lipinski definition) is 5. The minimum atomic E-state index is -5.16. The fourth-order valence-corrected chi connectivity index (χ4v) is 6.09. The molecule has 8 unspecified atom stereocenters. The second-order valence-electron chi connectivity index (χ2n) is 12.2. The molecule has 2 saturated carbocycles. The van der Waals surface area contributed by atoms with Gasteiger partial charge in [0.15, 0.2) is 0 Å². The van der Waals surface area contributed by atoms with Gasteiger partial charge in [-0.3, -0.25) is 19.2 Å². The van der Waals surface area contributed by atoms with Crippen molar-refractivity contribution in [3.8, 4) is 6.07 Å². The van der Waals surface area contributed by atoms with Gasteiger partial charge in [0.05, 0.1) is 6.07 Å². The van der Waals surface area contributed by atoms with Crippen LogP contribution in [0.25, 0.3) is 0 Å². The van der Waals surface area contributed by atoms with Gasteiger partial charge in [-0.2, -0.15) is 18.4 Å². The van der Waals surface area contributed by atoms with E-state index in [-0.39, 0.29) is 54.0 Å². The molecule has 12 heteroatoms. The fraction of sp³-hybridized carbons (Fsp3) is 0.792. The Kier molecular flexibility index (Phi) is 6.08. The van der Waals surface area contributed by atoms with Crippen LogP contribution in [0.2, 0.25) is 0 Å². The summed E-state index contributed by atoms with van der Waals surface area (Å²) in [4.78, 5) is 52.0. The highest BCUT2D eigenvalue weighted by Crippen LogP contribution is 2.65. The number of carbonyl (C=O) groups excluding carboxylic acids is 4. The second kappa shape index (κ2) is 8.35. The number of halogens is 3. The van der Waals surface area contributed by atoms with E-state index in [0.29, 0.717) is 0 Å². The molecule has 0 bridgehead atoms.